The second kappa shape index (κ2) is 5.41. The standard InChI is InChI=1S/C16H18N2O/c1-19-15-6-3-9-17-16(15)13-5-2-4-12(10-13)11-18-14-7-8-14/h2-6,9-10,14,18H,7-8,11H2,1H3. The molecular formula is C16H18N2O. The van der Waals surface area contributed by atoms with E-state index in [-0.39, 0.29) is 0 Å². The number of nitrogens with zero attached hydrogens (tertiary/aromatic N) is 1. The van der Waals surface area contributed by atoms with Crippen molar-refractivity contribution in [2.24, 2.45) is 0 Å². The molecule has 19 heavy (non-hydrogen) atoms. The molecule has 1 aromatic heterocycles. The smallest absolute Gasteiger partial charge is 0.145 e. The third-order valence-corrected chi connectivity index (χ3v) is 3.36. The fourth-order valence-corrected chi connectivity index (χ4v) is 2.15. The lowest BCUT2D eigenvalue weighted by molar-refractivity contribution is 0.415. The van der Waals surface area contributed by atoms with Gasteiger partial charge in [0.15, 0.2) is 0 Å². The Morgan fingerprint density at radius 1 is 1.26 bits per heavy atom. The maximum atomic E-state index is 5.37. The molecule has 1 heterocycles. The minimum Gasteiger partial charge on any atom is -0.494 e. The first-order valence-electron chi connectivity index (χ1n) is 6.68. The first-order chi connectivity index (χ1) is 9.36. The van der Waals surface area contributed by atoms with Crippen LogP contribution in [0.1, 0.15) is 18.4 Å². The van der Waals surface area contributed by atoms with Crippen molar-refractivity contribution >= 4 is 0 Å². The third kappa shape index (κ3) is 2.93. The van der Waals surface area contributed by atoms with E-state index in [0.717, 1.165) is 29.6 Å². The van der Waals surface area contributed by atoms with Crippen LogP contribution in [0.4, 0.5) is 0 Å². The van der Waals surface area contributed by atoms with Crippen LogP contribution in [0.25, 0.3) is 11.3 Å². The Labute approximate surface area is 113 Å². The van der Waals surface area contributed by atoms with Crippen LogP contribution in [0, 0.1) is 0 Å². The molecule has 1 aliphatic rings. The number of pyridine rings is 1. The van der Waals surface area contributed by atoms with Gasteiger partial charge in [-0.2, -0.15) is 0 Å². The highest BCUT2D eigenvalue weighted by Gasteiger charge is 2.19. The van der Waals surface area contributed by atoms with E-state index in [2.05, 4.69) is 34.6 Å². The Kier molecular flexibility index (Phi) is 3.47. The van der Waals surface area contributed by atoms with Gasteiger partial charge < -0.3 is 10.1 Å². The van der Waals surface area contributed by atoms with Crippen LogP contribution >= 0.6 is 0 Å². The number of hydrogen-bond donors (Lipinski definition) is 1. The van der Waals surface area contributed by atoms with Gasteiger partial charge in [0.1, 0.15) is 11.4 Å². The minimum absolute atomic E-state index is 0.730. The molecule has 1 saturated carbocycles. The Morgan fingerprint density at radius 2 is 2.16 bits per heavy atom. The fourth-order valence-electron chi connectivity index (χ4n) is 2.15. The average Bonchev–Trinajstić information content (AvgIpc) is 3.29. The van der Waals surface area contributed by atoms with Crippen LogP contribution < -0.4 is 10.1 Å². The number of nitrogens with one attached hydrogen (secondary N) is 1. The van der Waals surface area contributed by atoms with Gasteiger partial charge >= 0.3 is 0 Å². The molecule has 0 radical (unpaired) electrons. The molecule has 0 spiro atoms. The fraction of sp³-hybridized carbons (Fsp3) is 0.312. The predicted molar refractivity (Wildman–Crippen MR) is 76.1 cm³/mol. The lowest BCUT2D eigenvalue weighted by Crippen LogP contribution is -2.15. The van der Waals surface area contributed by atoms with Crippen molar-refractivity contribution in [3.8, 4) is 17.0 Å². The zero-order chi connectivity index (χ0) is 13.1. The molecule has 3 rings (SSSR count). The van der Waals surface area contributed by atoms with Crippen molar-refractivity contribution in [3.05, 3.63) is 48.2 Å². The van der Waals surface area contributed by atoms with E-state index in [4.69, 9.17) is 4.74 Å². The summed E-state index contributed by atoms with van der Waals surface area (Å²) >= 11 is 0. The molecule has 98 valence electrons. The zero-order valence-electron chi connectivity index (χ0n) is 11.1. The number of aromatic nitrogens is 1. The van der Waals surface area contributed by atoms with Gasteiger partial charge in [-0.3, -0.25) is 4.98 Å². The molecule has 1 N–H and O–H groups in total. The van der Waals surface area contributed by atoms with E-state index >= 15 is 0 Å². The summed E-state index contributed by atoms with van der Waals surface area (Å²) in [6.45, 7) is 0.924. The topological polar surface area (TPSA) is 34.1 Å². The molecule has 3 heteroatoms. The van der Waals surface area contributed by atoms with Crippen molar-refractivity contribution in [2.75, 3.05) is 7.11 Å². The largest absolute Gasteiger partial charge is 0.494 e. The molecule has 1 fully saturated rings. The van der Waals surface area contributed by atoms with Crippen molar-refractivity contribution in [1.29, 1.82) is 0 Å². The average molecular weight is 254 g/mol. The summed E-state index contributed by atoms with van der Waals surface area (Å²) in [5.74, 6) is 0.815. The maximum absolute atomic E-state index is 5.37. The Balaban J connectivity index is 1.84. The van der Waals surface area contributed by atoms with E-state index in [1.165, 1.54) is 18.4 Å². The molecule has 0 saturated heterocycles. The van der Waals surface area contributed by atoms with Gasteiger partial charge in [-0.15, -0.1) is 0 Å². The van der Waals surface area contributed by atoms with E-state index in [0.29, 0.717) is 0 Å². The Bertz CT molecular complexity index is 564. The summed E-state index contributed by atoms with van der Waals surface area (Å²) in [6, 6.07) is 13.0. The van der Waals surface area contributed by atoms with E-state index in [1.807, 2.05) is 12.1 Å². The molecular weight excluding hydrogens is 236 g/mol. The van der Waals surface area contributed by atoms with Crippen LogP contribution in [0.3, 0.4) is 0 Å². The molecule has 3 nitrogen and oxygen atoms in total. The van der Waals surface area contributed by atoms with Crippen molar-refractivity contribution in [1.82, 2.24) is 10.3 Å². The van der Waals surface area contributed by atoms with Gasteiger partial charge in [-0.05, 0) is 36.6 Å². The third-order valence-electron chi connectivity index (χ3n) is 3.36. The van der Waals surface area contributed by atoms with Crippen LogP contribution in [0.15, 0.2) is 42.6 Å². The summed E-state index contributed by atoms with van der Waals surface area (Å²) < 4.78 is 5.37. The van der Waals surface area contributed by atoms with Gasteiger partial charge in [0.2, 0.25) is 0 Å². The number of benzene rings is 1. The SMILES string of the molecule is COc1cccnc1-c1cccc(CNC2CC2)c1. The molecule has 0 amide bonds. The quantitative estimate of drug-likeness (QED) is 0.890. The van der Waals surface area contributed by atoms with Gasteiger partial charge in [-0.1, -0.05) is 18.2 Å². The van der Waals surface area contributed by atoms with Crippen LogP contribution in [0.5, 0.6) is 5.75 Å². The van der Waals surface area contributed by atoms with E-state index < -0.39 is 0 Å². The first kappa shape index (κ1) is 12.2. The maximum Gasteiger partial charge on any atom is 0.145 e. The zero-order valence-corrected chi connectivity index (χ0v) is 11.1. The molecule has 0 atom stereocenters. The number of ether oxygens (including phenoxy) is 1. The lowest BCUT2D eigenvalue weighted by Gasteiger charge is -2.09. The summed E-state index contributed by atoms with van der Waals surface area (Å²) in [4.78, 5) is 4.42. The molecule has 1 aromatic carbocycles. The summed E-state index contributed by atoms with van der Waals surface area (Å²) in [5, 5.41) is 3.53. The molecule has 2 aromatic rings. The Hall–Kier alpha value is -1.87. The predicted octanol–water partition coefficient (Wildman–Crippen LogP) is 3.01. The van der Waals surface area contributed by atoms with Gasteiger partial charge in [0.05, 0.1) is 7.11 Å². The van der Waals surface area contributed by atoms with Crippen LogP contribution in [-0.2, 0) is 6.54 Å². The highest BCUT2D eigenvalue weighted by molar-refractivity contribution is 5.66. The number of hydrogen-bond acceptors (Lipinski definition) is 3. The highest BCUT2D eigenvalue weighted by Crippen LogP contribution is 2.28. The van der Waals surface area contributed by atoms with Crippen molar-refractivity contribution in [3.63, 3.8) is 0 Å². The summed E-state index contributed by atoms with van der Waals surface area (Å²) in [6.07, 6.45) is 4.43. The number of rotatable bonds is 5. The van der Waals surface area contributed by atoms with Crippen molar-refractivity contribution < 1.29 is 4.74 Å². The summed E-state index contributed by atoms with van der Waals surface area (Å²) in [7, 11) is 1.68. The second-order valence-electron chi connectivity index (χ2n) is 4.91. The van der Waals surface area contributed by atoms with Gasteiger partial charge in [0, 0.05) is 24.3 Å². The minimum atomic E-state index is 0.730. The van der Waals surface area contributed by atoms with E-state index in [9.17, 15) is 0 Å². The Morgan fingerprint density at radius 3 is 2.95 bits per heavy atom. The molecule has 0 unspecified atom stereocenters. The van der Waals surface area contributed by atoms with E-state index in [1.54, 1.807) is 13.3 Å². The van der Waals surface area contributed by atoms with Crippen molar-refractivity contribution in [2.45, 2.75) is 25.4 Å². The van der Waals surface area contributed by atoms with Gasteiger partial charge in [-0.25, -0.2) is 0 Å². The van der Waals surface area contributed by atoms with Crippen LogP contribution in [0.2, 0.25) is 0 Å². The molecule has 0 bridgehead atoms. The summed E-state index contributed by atoms with van der Waals surface area (Å²) in [5.41, 5.74) is 3.29. The van der Waals surface area contributed by atoms with Gasteiger partial charge in [0.25, 0.3) is 0 Å². The molecule has 0 aliphatic heterocycles. The monoisotopic (exact) mass is 254 g/mol. The highest BCUT2D eigenvalue weighted by atomic mass is 16.5. The normalized spacial score (nSPS) is 14.4. The molecule has 1 aliphatic carbocycles. The van der Waals surface area contributed by atoms with Crippen LogP contribution in [-0.4, -0.2) is 18.1 Å². The first-order valence-corrected chi connectivity index (χ1v) is 6.68. The second-order valence-corrected chi connectivity index (χ2v) is 4.91. The number of methoxy groups -OCH3 is 1. The lowest BCUT2D eigenvalue weighted by atomic mass is 10.1.